The fourth-order valence-electron chi connectivity index (χ4n) is 6.52. The molecule has 2 aliphatic heterocycles. The van der Waals surface area contributed by atoms with Gasteiger partial charge in [-0.25, -0.2) is 27.1 Å². The Morgan fingerprint density at radius 1 is 0.857 bits per heavy atom. The third kappa shape index (κ3) is 3.44. The molecular weight excluding hydrogens is 548 g/mol. The molecule has 2 atom stereocenters. The number of hydrogen-bond donors (Lipinski definition) is 1. The van der Waals surface area contributed by atoms with E-state index in [-0.39, 0.29) is 23.4 Å². The minimum atomic E-state index is -1.48. The maximum Gasteiger partial charge on any atom is 0.186 e. The third-order valence-corrected chi connectivity index (χ3v) is 8.52. The van der Waals surface area contributed by atoms with Crippen LogP contribution in [-0.2, 0) is 0 Å². The second-order valence-electron chi connectivity index (χ2n) is 10.8. The summed E-state index contributed by atoms with van der Waals surface area (Å²) in [6, 6.07) is 10.2. The molecule has 0 spiro atoms. The van der Waals surface area contributed by atoms with Crippen LogP contribution in [0.3, 0.4) is 0 Å². The number of aromatic amines is 1. The van der Waals surface area contributed by atoms with E-state index in [0.29, 0.717) is 36.3 Å². The average Bonchev–Trinajstić information content (AvgIpc) is 3.80. The summed E-state index contributed by atoms with van der Waals surface area (Å²) in [5.74, 6) is -5.80. The second kappa shape index (κ2) is 9.08. The number of benzene rings is 2. The van der Waals surface area contributed by atoms with Gasteiger partial charge in [-0.1, -0.05) is 12.1 Å². The second-order valence-corrected chi connectivity index (χ2v) is 10.8. The lowest BCUT2D eigenvalue weighted by Gasteiger charge is -2.34. The molecule has 6 heterocycles. The number of fused-ring (bicyclic) bond motifs is 4. The zero-order valence-electron chi connectivity index (χ0n) is 22.2. The molecule has 0 amide bonds. The molecule has 210 valence electrons. The van der Waals surface area contributed by atoms with Crippen LogP contribution in [0.5, 0.6) is 0 Å². The van der Waals surface area contributed by atoms with E-state index in [1.54, 1.807) is 30.7 Å². The number of piperazine rings is 1. The first-order chi connectivity index (χ1) is 20.4. The molecule has 42 heavy (non-hydrogen) atoms. The summed E-state index contributed by atoms with van der Waals surface area (Å²) in [6.45, 7) is 0.862. The van der Waals surface area contributed by atoms with Crippen molar-refractivity contribution in [2.75, 3.05) is 25.0 Å². The van der Waals surface area contributed by atoms with Crippen molar-refractivity contribution in [3.8, 4) is 33.6 Å². The normalized spacial score (nSPS) is 18.6. The average molecular weight is 571 g/mol. The molecule has 1 N–H and O–H groups in total. The van der Waals surface area contributed by atoms with Gasteiger partial charge in [-0.05, 0) is 43.3 Å². The number of likely N-dealkylation sites (N-methyl/N-ethyl adjacent to an activating group) is 1. The number of aromatic nitrogens is 6. The van der Waals surface area contributed by atoms with Crippen LogP contribution in [-0.4, -0.2) is 66.9 Å². The standard InChI is InChI=1S/C30H22F4N8/c1-40-13-17-11-16(40)14-41(17)29-26(33)24(31)23(25(32)27(29)34)21-7-10-36-30-22(18-3-2-4-20-19(18)12-37-38-20)28(39-42(21)30)15-5-8-35-9-6-15/h2-10,12,16-17H,11,13-14H2,1H3,(H,37,38)/t16-,17-/m0/s1. The van der Waals surface area contributed by atoms with Gasteiger partial charge in [0.15, 0.2) is 28.9 Å². The lowest BCUT2D eigenvalue weighted by molar-refractivity contribution is 0.290. The van der Waals surface area contributed by atoms with Crippen molar-refractivity contribution in [2.45, 2.75) is 18.5 Å². The molecule has 0 unspecified atom stereocenters. The summed E-state index contributed by atoms with van der Waals surface area (Å²) in [5, 5.41) is 12.6. The Hall–Kier alpha value is -4.84. The maximum atomic E-state index is 15.9. The van der Waals surface area contributed by atoms with E-state index in [9.17, 15) is 0 Å². The van der Waals surface area contributed by atoms with E-state index in [2.05, 4.69) is 25.1 Å². The van der Waals surface area contributed by atoms with Gasteiger partial charge < -0.3 is 4.90 Å². The van der Waals surface area contributed by atoms with Crippen LogP contribution in [0.4, 0.5) is 23.2 Å². The molecular formula is C30H22F4N8. The molecule has 0 radical (unpaired) electrons. The molecule has 0 saturated carbocycles. The summed E-state index contributed by atoms with van der Waals surface area (Å²) in [4.78, 5) is 12.1. The van der Waals surface area contributed by atoms with Gasteiger partial charge in [0.2, 0.25) is 0 Å². The number of nitrogens with one attached hydrogen (secondary N) is 1. The Balaban J connectivity index is 1.37. The fourth-order valence-corrected chi connectivity index (χ4v) is 6.52. The number of rotatable bonds is 4. The van der Waals surface area contributed by atoms with Crippen molar-refractivity contribution in [3.05, 3.63) is 84.5 Å². The highest BCUT2D eigenvalue weighted by Crippen LogP contribution is 2.43. The Morgan fingerprint density at radius 2 is 1.64 bits per heavy atom. The Labute approximate surface area is 236 Å². The Morgan fingerprint density at radius 3 is 2.36 bits per heavy atom. The van der Waals surface area contributed by atoms with Gasteiger partial charge in [0.05, 0.1) is 28.5 Å². The molecule has 4 aromatic heterocycles. The lowest BCUT2D eigenvalue weighted by atomic mass is 9.99. The first kappa shape index (κ1) is 24.9. The monoisotopic (exact) mass is 570 g/mol. The third-order valence-electron chi connectivity index (χ3n) is 8.52. The molecule has 0 aliphatic carbocycles. The van der Waals surface area contributed by atoms with E-state index in [1.807, 2.05) is 25.2 Å². The van der Waals surface area contributed by atoms with Crippen molar-refractivity contribution in [1.29, 1.82) is 0 Å². The van der Waals surface area contributed by atoms with Gasteiger partial charge in [0, 0.05) is 54.7 Å². The van der Waals surface area contributed by atoms with Crippen molar-refractivity contribution < 1.29 is 17.6 Å². The minimum Gasteiger partial charge on any atom is -0.361 e. The topological polar surface area (TPSA) is 78.2 Å². The number of pyridine rings is 1. The van der Waals surface area contributed by atoms with E-state index in [0.717, 1.165) is 16.5 Å². The SMILES string of the molecule is CN1C[C@@H]2C[C@H]1CN2c1c(F)c(F)c(-c2ccnc3c(-c4cccc5[nH]ncc45)c(-c4ccncc4)nn23)c(F)c1F. The largest absolute Gasteiger partial charge is 0.361 e. The Bertz CT molecular complexity index is 1990. The number of hydrogen-bond acceptors (Lipinski definition) is 6. The summed E-state index contributed by atoms with van der Waals surface area (Å²) < 4.78 is 64.5. The number of halogens is 4. The van der Waals surface area contributed by atoms with Gasteiger partial charge in [0.1, 0.15) is 11.4 Å². The summed E-state index contributed by atoms with van der Waals surface area (Å²) in [5.41, 5.74) is 1.72. The predicted octanol–water partition coefficient (Wildman–Crippen LogP) is 5.45. The maximum absolute atomic E-state index is 15.9. The van der Waals surface area contributed by atoms with Crippen molar-refractivity contribution in [3.63, 3.8) is 0 Å². The van der Waals surface area contributed by atoms with E-state index >= 15 is 17.6 Å². The van der Waals surface area contributed by atoms with Crippen molar-refractivity contribution >= 4 is 22.2 Å². The zero-order valence-corrected chi connectivity index (χ0v) is 22.2. The van der Waals surface area contributed by atoms with E-state index in [1.165, 1.54) is 21.7 Å². The first-order valence-electron chi connectivity index (χ1n) is 13.5. The smallest absolute Gasteiger partial charge is 0.186 e. The molecule has 2 saturated heterocycles. The number of nitrogens with zero attached hydrogens (tertiary/aromatic N) is 7. The van der Waals surface area contributed by atoms with E-state index in [4.69, 9.17) is 5.10 Å². The van der Waals surface area contributed by atoms with E-state index < -0.39 is 34.5 Å². The van der Waals surface area contributed by atoms with Crippen LogP contribution >= 0.6 is 0 Å². The highest BCUT2D eigenvalue weighted by molar-refractivity contribution is 6.02. The first-order valence-corrected chi connectivity index (χ1v) is 13.5. The highest BCUT2D eigenvalue weighted by atomic mass is 19.2. The van der Waals surface area contributed by atoms with Gasteiger partial charge >= 0.3 is 0 Å². The lowest BCUT2D eigenvalue weighted by Crippen LogP contribution is -2.45. The molecule has 12 heteroatoms. The van der Waals surface area contributed by atoms with Crippen LogP contribution in [0.1, 0.15) is 6.42 Å². The number of likely N-dealkylation sites (tertiary alicyclic amines) is 1. The fraction of sp³-hybridized carbons (Fsp3) is 0.200. The molecule has 8 rings (SSSR count). The highest BCUT2D eigenvalue weighted by Gasteiger charge is 2.44. The summed E-state index contributed by atoms with van der Waals surface area (Å²) in [6.07, 6.45) is 6.89. The number of anilines is 1. The van der Waals surface area contributed by atoms with Gasteiger partial charge in [-0.3, -0.25) is 15.0 Å². The van der Waals surface area contributed by atoms with Gasteiger partial charge in [-0.2, -0.15) is 10.2 Å². The van der Waals surface area contributed by atoms with Crippen LogP contribution in [0.2, 0.25) is 0 Å². The van der Waals surface area contributed by atoms with Gasteiger partial charge in [0.25, 0.3) is 0 Å². The van der Waals surface area contributed by atoms with Crippen molar-refractivity contribution in [1.82, 2.24) is 34.7 Å². The van der Waals surface area contributed by atoms with Crippen LogP contribution in [0.25, 0.3) is 50.2 Å². The quantitative estimate of drug-likeness (QED) is 0.224. The molecule has 6 aromatic rings. The molecule has 8 nitrogen and oxygen atoms in total. The number of H-pyrrole nitrogens is 1. The molecule has 2 fully saturated rings. The predicted molar refractivity (Wildman–Crippen MR) is 149 cm³/mol. The molecule has 2 bridgehead atoms. The van der Waals surface area contributed by atoms with Gasteiger partial charge in [-0.15, -0.1) is 0 Å². The van der Waals surface area contributed by atoms with Crippen LogP contribution < -0.4 is 4.90 Å². The van der Waals surface area contributed by atoms with Crippen molar-refractivity contribution in [2.24, 2.45) is 0 Å². The summed E-state index contributed by atoms with van der Waals surface area (Å²) in [7, 11) is 1.93. The molecule has 2 aromatic carbocycles. The summed E-state index contributed by atoms with van der Waals surface area (Å²) >= 11 is 0. The zero-order chi connectivity index (χ0) is 28.7. The van der Waals surface area contributed by atoms with Crippen LogP contribution in [0, 0.1) is 23.3 Å². The Kier molecular flexibility index (Phi) is 5.39. The van der Waals surface area contributed by atoms with Crippen LogP contribution in [0.15, 0.2) is 61.2 Å². The molecule has 2 aliphatic rings. The minimum absolute atomic E-state index is 0.0770.